The van der Waals surface area contributed by atoms with Crippen molar-refractivity contribution in [3.8, 4) is 0 Å². The lowest BCUT2D eigenvalue weighted by Gasteiger charge is -2.15. The van der Waals surface area contributed by atoms with Crippen molar-refractivity contribution in [3.63, 3.8) is 0 Å². The molecule has 126 valence electrons. The van der Waals surface area contributed by atoms with Gasteiger partial charge in [-0.3, -0.25) is 4.79 Å². The number of quaternary nitrogens is 1. The molecule has 0 radical (unpaired) electrons. The lowest BCUT2D eigenvalue weighted by atomic mass is 10.2. The molecule has 0 heterocycles. The molecule has 0 saturated heterocycles. The van der Waals surface area contributed by atoms with Crippen LogP contribution in [0.25, 0.3) is 0 Å². The highest BCUT2D eigenvalue weighted by atomic mass is 35.5. The minimum absolute atomic E-state index is 0.184. The molecule has 0 fully saturated rings. The number of hydrogen-bond acceptors (Lipinski definition) is 3. The third-order valence-electron chi connectivity index (χ3n) is 3.52. The number of hydrogen-bond donors (Lipinski definition) is 2. The lowest BCUT2D eigenvalue weighted by Crippen LogP contribution is -3.08. The summed E-state index contributed by atoms with van der Waals surface area (Å²) in [5, 5.41) is 3.45. The van der Waals surface area contributed by atoms with Crippen molar-refractivity contribution in [1.29, 1.82) is 0 Å². The Labute approximate surface area is 146 Å². The summed E-state index contributed by atoms with van der Waals surface area (Å²) in [6, 6.07) is 14.3. The molecule has 0 aliphatic carbocycles. The van der Waals surface area contributed by atoms with Crippen LogP contribution in [0.4, 0.5) is 5.69 Å². The predicted molar refractivity (Wildman–Crippen MR) is 93.3 cm³/mol. The van der Waals surface area contributed by atoms with Crippen LogP contribution >= 0.6 is 11.6 Å². The van der Waals surface area contributed by atoms with Gasteiger partial charge in [-0.05, 0) is 18.2 Å². The fourth-order valence-corrected chi connectivity index (χ4v) is 2.58. The van der Waals surface area contributed by atoms with Crippen molar-refractivity contribution in [2.45, 2.75) is 6.54 Å². The largest absolute Gasteiger partial charge is 0.465 e. The normalized spacial score (nSPS) is 11.6. The molecular weight excluding hydrogens is 328 g/mol. The number of nitrogens with one attached hydrogen (secondary N) is 2. The minimum atomic E-state index is -0.484. The molecular formula is C18H20ClN2O3+. The van der Waals surface area contributed by atoms with Gasteiger partial charge in [0.2, 0.25) is 0 Å². The fraction of sp³-hybridized carbons (Fsp3) is 0.222. The summed E-state index contributed by atoms with van der Waals surface area (Å²) in [4.78, 5) is 24.9. The Morgan fingerprint density at radius 2 is 1.79 bits per heavy atom. The first-order valence-electron chi connectivity index (χ1n) is 7.53. The van der Waals surface area contributed by atoms with E-state index < -0.39 is 5.97 Å². The monoisotopic (exact) mass is 347 g/mol. The molecule has 2 aromatic rings. The summed E-state index contributed by atoms with van der Waals surface area (Å²) in [6.45, 7) is 0.881. The van der Waals surface area contributed by atoms with Crippen molar-refractivity contribution in [1.82, 2.24) is 0 Å². The molecule has 2 aromatic carbocycles. The van der Waals surface area contributed by atoms with E-state index in [1.54, 1.807) is 24.3 Å². The fourth-order valence-electron chi connectivity index (χ4n) is 2.38. The Hall–Kier alpha value is -2.37. The molecule has 0 spiro atoms. The van der Waals surface area contributed by atoms with E-state index in [1.165, 1.54) is 7.11 Å². The van der Waals surface area contributed by atoms with Gasteiger partial charge in [-0.2, -0.15) is 0 Å². The standard InChI is InChI=1S/C18H19ClN2O3/c1-21(11-13-7-3-5-9-15(13)19)12-17(22)20-16-10-6-4-8-14(16)18(23)24-2/h3-10H,11-12H2,1-2H3,(H,20,22)/p+1. The van der Waals surface area contributed by atoms with Gasteiger partial charge in [0.15, 0.2) is 6.54 Å². The quantitative estimate of drug-likeness (QED) is 0.783. The summed E-state index contributed by atoms with van der Waals surface area (Å²) < 4.78 is 4.72. The predicted octanol–water partition coefficient (Wildman–Crippen LogP) is 1.78. The maximum atomic E-state index is 12.2. The average Bonchev–Trinajstić information content (AvgIpc) is 2.56. The van der Waals surface area contributed by atoms with Gasteiger partial charge in [-0.15, -0.1) is 0 Å². The molecule has 5 nitrogen and oxygen atoms in total. The van der Waals surface area contributed by atoms with E-state index in [9.17, 15) is 9.59 Å². The van der Waals surface area contributed by atoms with Crippen molar-refractivity contribution in [2.75, 3.05) is 26.0 Å². The van der Waals surface area contributed by atoms with Crippen LogP contribution in [0.5, 0.6) is 0 Å². The first-order valence-corrected chi connectivity index (χ1v) is 7.91. The maximum absolute atomic E-state index is 12.2. The van der Waals surface area contributed by atoms with Gasteiger partial charge in [-0.25, -0.2) is 4.79 Å². The summed E-state index contributed by atoms with van der Waals surface area (Å²) in [5.74, 6) is -0.668. The Morgan fingerprint density at radius 3 is 2.50 bits per heavy atom. The van der Waals surface area contributed by atoms with Crippen molar-refractivity contribution >= 4 is 29.2 Å². The van der Waals surface area contributed by atoms with Crippen LogP contribution in [0.1, 0.15) is 15.9 Å². The van der Waals surface area contributed by atoms with Gasteiger partial charge in [0.25, 0.3) is 5.91 Å². The summed E-state index contributed by atoms with van der Waals surface area (Å²) in [7, 11) is 3.22. The zero-order valence-electron chi connectivity index (χ0n) is 13.6. The first kappa shape index (κ1) is 18.0. The van der Waals surface area contributed by atoms with Gasteiger partial charge in [-0.1, -0.05) is 41.9 Å². The maximum Gasteiger partial charge on any atom is 0.339 e. The molecule has 1 amide bonds. The van der Waals surface area contributed by atoms with E-state index in [1.807, 2.05) is 31.3 Å². The number of esters is 1. The zero-order chi connectivity index (χ0) is 17.5. The first-order chi connectivity index (χ1) is 11.5. The van der Waals surface area contributed by atoms with Crippen LogP contribution < -0.4 is 10.2 Å². The Bertz CT molecular complexity index is 734. The van der Waals surface area contributed by atoms with Crippen LogP contribution in [0.15, 0.2) is 48.5 Å². The molecule has 0 saturated carbocycles. The van der Waals surface area contributed by atoms with Crippen molar-refractivity contribution in [2.24, 2.45) is 0 Å². The van der Waals surface area contributed by atoms with Crippen molar-refractivity contribution in [3.05, 3.63) is 64.7 Å². The van der Waals surface area contributed by atoms with E-state index in [4.69, 9.17) is 16.3 Å². The second-order valence-corrected chi connectivity index (χ2v) is 5.89. The van der Waals surface area contributed by atoms with Gasteiger partial charge >= 0.3 is 5.97 Å². The Balaban J connectivity index is 1.99. The van der Waals surface area contributed by atoms with Gasteiger partial charge in [0, 0.05) is 10.6 Å². The molecule has 2 rings (SSSR count). The van der Waals surface area contributed by atoms with Crippen LogP contribution in [-0.4, -0.2) is 32.6 Å². The van der Waals surface area contributed by atoms with E-state index in [0.29, 0.717) is 22.8 Å². The van der Waals surface area contributed by atoms with Crippen LogP contribution in [0.2, 0.25) is 5.02 Å². The third kappa shape index (κ3) is 4.81. The van der Waals surface area contributed by atoms with E-state index in [0.717, 1.165) is 10.5 Å². The third-order valence-corrected chi connectivity index (χ3v) is 3.89. The minimum Gasteiger partial charge on any atom is -0.465 e. The molecule has 6 heteroatoms. The number of anilines is 1. The van der Waals surface area contributed by atoms with Gasteiger partial charge < -0.3 is 15.0 Å². The lowest BCUT2D eigenvalue weighted by molar-refractivity contribution is -0.885. The van der Waals surface area contributed by atoms with E-state index in [2.05, 4.69) is 5.32 Å². The zero-order valence-corrected chi connectivity index (χ0v) is 14.4. The summed E-state index contributed by atoms with van der Waals surface area (Å²) in [5.41, 5.74) is 1.76. The number of carbonyl (C=O) groups excluding carboxylic acids is 2. The highest BCUT2D eigenvalue weighted by molar-refractivity contribution is 6.31. The number of benzene rings is 2. The number of para-hydroxylation sites is 1. The smallest absolute Gasteiger partial charge is 0.339 e. The summed E-state index contributed by atoms with van der Waals surface area (Å²) in [6.07, 6.45) is 0. The van der Waals surface area contributed by atoms with E-state index in [-0.39, 0.29) is 12.5 Å². The molecule has 1 unspecified atom stereocenters. The van der Waals surface area contributed by atoms with E-state index >= 15 is 0 Å². The van der Waals surface area contributed by atoms with Crippen molar-refractivity contribution < 1.29 is 19.2 Å². The summed E-state index contributed by atoms with van der Waals surface area (Å²) >= 11 is 6.14. The molecule has 0 aromatic heterocycles. The topological polar surface area (TPSA) is 59.8 Å². The molecule has 0 aliphatic rings. The van der Waals surface area contributed by atoms with Gasteiger partial charge in [0.1, 0.15) is 6.54 Å². The highest BCUT2D eigenvalue weighted by Gasteiger charge is 2.16. The van der Waals surface area contributed by atoms with Gasteiger partial charge in [0.05, 0.1) is 25.4 Å². The van der Waals surface area contributed by atoms with Crippen LogP contribution in [-0.2, 0) is 16.1 Å². The number of halogens is 1. The molecule has 0 aliphatic heterocycles. The SMILES string of the molecule is COC(=O)c1ccccc1NC(=O)C[NH+](C)Cc1ccccc1Cl. The van der Waals surface area contributed by atoms with Crippen LogP contribution in [0.3, 0.4) is 0 Å². The Morgan fingerprint density at radius 1 is 1.12 bits per heavy atom. The molecule has 2 N–H and O–H groups in total. The molecule has 0 bridgehead atoms. The number of carbonyl (C=O) groups is 2. The Kier molecular flexibility index (Phi) is 6.35. The second-order valence-electron chi connectivity index (χ2n) is 5.49. The number of rotatable bonds is 6. The number of amides is 1. The second kappa shape index (κ2) is 8.47. The number of likely N-dealkylation sites (N-methyl/N-ethyl adjacent to an activating group) is 1. The molecule has 1 atom stereocenters. The molecule has 24 heavy (non-hydrogen) atoms. The van der Waals surface area contributed by atoms with Crippen LogP contribution in [0, 0.1) is 0 Å². The number of methoxy groups -OCH3 is 1. The highest BCUT2D eigenvalue weighted by Crippen LogP contribution is 2.16. The number of ether oxygens (including phenoxy) is 1. The average molecular weight is 348 g/mol.